The molecule has 7 heteroatoms. The number of pyridine rings is 1. The van der Waals surface area contributed by atoms with Crippen molar-refractivity contribution >= 4 is 13.0 Å². The summed E-state index contributed by atoms with van der Waals surface area (Å²) in [4.78, 5) is 16.8. The lowest BCUT2D eigenvalue weighted by Gasteiger charge is -2.32. The first kappa shape index (κ1) is 19.7. The van der Waals surface area contributed by atoms with Crippen LogP contribution in [0.15, 0.2) is 18.3 Å². The van der Waals surface area contributed by atoms with E-state index in [0.717, 1.165) is 5.56 Å². The summed E-state index contributed by atoms with van der Waals surface area (Å²) >= 11 is 0. The molecule has 0 aliphatic carbocycles. The van der Waals surface area contributed by atoms with Crippen LogP contribution in [0, 0.1) is 5.41 Å². The Bertz CT molecular complexity index is 607. The van der Waals surface area contributed by atoms with Gasteiger partial charge in [0.25, 0.3) is 0 Å². The number of nitrogens with zero attached hydrogens (tertiary/aromatic N) is 1. The number of carbonyl (C=O) groups is 1. The lowest BCUT2D eigenvalue weighted by Crippen LogP contribution is -2.45. The van der Waals surface area contributed by atoms with Gasteiger partial charge in [-0.15, -0.1) is 0 Å². The van der Waals surface area contributed by atoms with Crippen LogP contribution in [0.2, 0.25) is 0 Å². The SMILES string of the molecule is COc1ccc([C@H](NC(=O)C(C)(C)C)B2OC(C)(C)C(C)(C)O2)cn1. The molecule has 1 aliphatic rings. The van der Waals surface area contributed by atoms with Crippen LogP contribution in [0.4, 0.5) is 0 Å². The summed E-state index contributed by atoms with van der Waals surface area (Å²) < 4.78 is 17.4. The number of hydrogen-bond acceptors (Lipinski definition) is 5. The van der Waals surface area contributed by atoms with E-state index in [9.17, 15) is 4.79 Å². The summed E-state index contributed by atoms with van der Waals surface area (Å²) in [6.07, 6.45) is 1.68. The van der Waals surface area contributed by atoms with E-state index in [-0.39, 0.29) is 5.91 Å². The van der Waals surface area contributed by atoms with Gasteiger partial charge in [0.15, 0.2) is 0 Å². The van der Waals surface area contributed by atoms with Crippen LogP contribution >= 0.6 is 0 Å². The summed E-state index contributed by atoms with van der Waals surface area (Å²) in [5.41, 5.74) is -0.691. The summed E-state index contributed by atoms with van der Waals surface area (Å²) in [6.45, 7) is 13.6. The van der Waals surface area contributed by atoms with Crippen molar-refractivity contribution in [2.45, 2.75) is 65.6 Å². The molecule has 0 aromatic carbocycles. The van der Waals surface area contributed by atoms with Crippen molar-refractivity contribution < 1.29 is 18.8 Å². The Morgan fingerprint density at radius 2 is 1.76 bits per heavy atom. The Hall–Kier alpha value is -1.60. The first-order valence-corrected chi connectivity index (χ1v) is 8.54. The second kappa shape index (κ2) is 6.61. The van der Waals surface area contributed by atoms with Crippen LogP contribution < -0.4 is 10.1 Å². The van der Waals surface area contributed by atoms with Gasteiger partial charge in [0.05, 0.1) is 24.3 Å². The number of aromatic nitrogens is 1. The molecule has 1 saturated heterocycles. The van der Waals surface area contributed by atoms with Crippen molar-refractivity contribution in [2.24, 2.45) is 5.41 Å². The molecule has 138 valence electrons. The van der Waals surface area contributed by atoms with Crippen molar-refractivity contribution in [3.63, 3.8) is 0 Å². The molecule has 6 nitrogen and oxygen atoms in total. The molecular weight excluding hydrogens is 319 g/mol. The first-order valence-electron chi connectivity index (χ1n) is 8.54. The third-order valence-electron chi connectivity index (χ3n) is 4.84. The number of hydrogen-bond donors (Lipinski definition) is 1. The third-order valence-corrected chi connectivity index (χ3v) is 4.84. The van der Waals surface area contributed by atoms with Gasteiger partial charge in [-0.1, -0.05) is 26.8 Å². The van der Waals surface area contributed by atoms with E-state index in [2.05, 4.69) is 10.3 Å². The van der Waals surface area contributed by atoms with Crippen molar-refractivity contribution in [3.05, 3.63) is 23.9 Å². The fraction of sp³-hybridized carbons (Fsp3) is 0.667. The predicted octanol–water partition coefficient (Wildman–Crippen LogP) is 2.93. The second-order valence-corrected chi connectivity index (χ2v) is 8.46. The van der Waals surface area contributed by atoms with E-state index in [4.69, 9.17) is 14.0 Å². The summed E-state index contributed by atoms with van der Waals surface area (Å²) in [5, 5.41) is 3.06. The van der Waals surface area contributed by atoms with Crippen LogP contribution in [-0.2, 0) is 14.1 Å². The Balaban J connectivity index is 2.34. The molecule has 2 rings (SSSR count). The molecule has 25 heavy (non-hydrogen) atoms. The van der Waals surface area contributed by atoms with Gasteiger partial charge in [0.1, 0.15) is 0 Å². The van der Waals surface area contributed by atoms with Gasteiger partial charge in [0.2, 0.25) is 11.8 Å². The molecule has 0 bridgehead atoms. The Morgan fingerprint density at radius 3 is 2.16 bits per heavy atom. The van der Waals surface area contributed by atoms with Crippen molar-refractivity contribution in [3.8, 4) is 5.88 Å². The zero-order valence-electron chi connectivity index (χ0n) is 16.5. The highest BCUT2D eigenvalue weighted by molar-refractivity contribution is 6.47. The molecule has 1 aromatic rings. The minimum atomic E-state index is -0.605. The zero-order valence-corrected chi connectivity index (χ0v) is 16.5. The lowest BCUT2D eigenvalue weighted by atomic mass is 9.74. The van der Waals surface area contributed by atoms with E-state index in [0.29, 0.717) is 5.88 Å². The second-order valence-electron chi connectivity index (χ2n) is 8.46. The molecule has 0 radical (unpaired) electrons. The van der Waals surface area contributed by atoms with E-state index in [1.807, 2.05) is 54.5 Å². The third kappa shape index (κ3) is 4.15. The molecule has 1 fully saturated rings. The van der Waals surface area contributed by atoms with Crippen LogP contribution in [0.1, 0.15) is 60.0 Å². The van der Waals surface area contributed by atoms with Gasteiger partial charge in [-0.3, -0.25) is 4.79 Å². The minimum absolute atomic E-state index is 0.0805. The van der Waals surface area contributed by atoms with Gasteiger partial charge < -0.3 is 19.4 Å². The lowest BCUT2D eigenvalue weighted by molar-refractivity contribution is -0.129. The number of ether oxygens (including phenoxy) is 1. The number of nitrogens with one attached hydrogen (secondary N) is 1. The largest absolute Gasteiger partial charge is 0.486 e. The topological polar surface area (TPSA) is 69.7 Å². The molecule has 1 aromatic heterocycles. The molecule has 0 spiro atoms. The zero-order chi connectivity index (χ0) is 19.0. The smallest absolute Gasteiger partial charge is 0.481 e. The monoisotopic (exact) mass is 348 g/mol. The molecule has 0 unspecified atom stereocenters. The van der Waals surface area contributed by atoms with Crippen molar-refractivity contribution in [2.75, 3.05) is 7.11 Å². The van der Waals surface area contributed by atoms with Gasteiger partial charge in [-0.05, 0) is 33.3 Å². The van der Waals surface area contributed by atoms with Crippen molar-refractivity contribution in [1.29, 1.82) is 0 Å². The molecule has 2 heterocycles. The van der Waals surface area contributed by atoms with Crippen molar-refractivity contribution in [1.82, 2.24) is 10.3 Å². The summed E-state index contributed by atoms with van der Waals surface area (Å²) in [6, 6.07) is 3.63. The highest BCUT2D eigenvalue weighted by Gasteiger charge is 2.54. The Kier molecular flexibility index (Phi) is 5.22. The fourth-order valence-electron chi connectivity index (χ4n) is 2.39. The standard InChI is InChI=1S/C18H29BN2O4/c1-16(2,3)15(22)21-14(12-9-10-13(23-8)20-11-12)19-24-17(4,5)18(6,7)25-19/h9-11,14H,1-8H3,(H,21,22)/t14-/m0/s1. The van der Waals surface area contributed by atoms with Gasteiger partial charge in [-0.2, -0.15) is 0 Å². The maximum atomic E-state index is 12.6. The predicted molar refractivity (Wildman–Crippen MR) is 97.2 cm³/mol. The molecule has 1 atom stereocenters. The van der Waals surface area contributed by atoms with Crippen LogP contribution in [0.3, 0.4) is 0 Å². The Morgan fingerprint density at radius 1 is 1.20 bits per heavy atom. The molecule has 0 saturated carbocycles. The number of rotatable bonds is 4. The van der Waals surface area contributed by atoms with Gasteiger partial charge in [0, 0.05) is 17.7 Å². The Labute approximate surface area is 150 Å². The van der Waals surface area contributed by atoms with Crippen LogP contribution in [0.5, 0.6) is 5.88 Å². The van der Waals surface area contributed by atoms with Gasteiger partial charge in [-0.25, -0.2) is 4.98 Å². The molecular formula is C18H29BN2O4. The van der Waals surface area contributed by atoms with Crippen LogP contribution in [-0.4, -0.2) is 36.3 Å². The molecule has 1 aliphatic heterocycles. The fourth-order valence-corrected chi connectivity index (χ4v) is 2.39. The summed E-state index contributed by atoms with van der Waals surface area (Å²) in [7, 11) is 0.959. The van der Waals surface area contributed by atoms with E-state index < -0.39 is 29.7 Å². The first-order chi connectivity index (χ1) is 11.4. The maximum absolute atomic E-state index is 12.6. The molecule has 1 amide bonds. The highest BCUT2D eigenvalue weighted by Crippen LogP contribution is 2.40. The molecule has 1 N–H and O–H groups in total. The van der Waals surface area contributed by atoms with E-state index in [1.165, 1.54) is 0 Å². The van der Waals surface area contributed by atoms with E-state index >= 15 is 0 Å². The average molecular weight is 348 g/mol. The summed E-state index contributed by atoms with van der Waals surface area (Å²) in [5.74, 6) is -0.0345. The van der Waals surface area contributed by atoms with Gasteiger partial charge >= 0.3 is 7.12 Å². The number of carbonyl (C=O) groups excluding carboxylic acids is 1. The van der Waals surface area contributed by atoms with E-state index in [1.54, 1.807) is 19.4 Å². The quantitative estimate of drug-likeness (QED) is 0.848. The average Bonchev–Trinajstić information content (AvgIpc) is 2.71. The number of methoxy groups -OCH3 is 1. The highest BCUT2D eigenvalue weighted by atomic mass is 16.7. The maximum Gasteiger partial charge on any atom is 0.486 e. The minimum Gasteiger partial charge on any atom is -0.481 e. The number of amides is 1. The van der Waals surface area contributed by atoms with Crippen LogP contribution in [0.25, 0.3) is 0 Å². The normalized spacial score (nSPS) is 20.2.